The monoisotopic (exact) mass is 250 g/mol. The van der Waals surface area contributed by atoms with E-state index in [0.717, 1.165) is 22.5 Å². The van der Waals surface area contributed by atoms with Crippen LogP contribution in [0.4, 0.5) is 0 Å². The van der Waals surface area contributed by atoms with Gasteiger partial charge in [-0.25, -0.2) is 0 Å². The van der Waals surface area contributed by atoms with Crippen LogP contribution in [0.1, 0.15) is 5.69 Å². The molecular formula is C16H14N2O. The minimum Gasteiger partial charge on any atom is -0.497 e. The summed E-state index contributed by atoms with van der Waals surface area (Å²) in [6, 6.07) is 8.09. The summed E-state index contributed by atoms with van der Waals surface area (Å²) in [7, 11) is 1.67. The van der Waals surface area contributed by atoms with E-state index in [9.17, 15) is 0 Å². The lowest BCUT2D eigenvalue weighted by Crippen LogP contribution is -1.97. The lowest BCUT2D eigenvalue weighted by molar-refractivity contribution is 0.415. The highest BCUT2D eigenvalue weighted by atomic mass is 16.5. The van der Waals surface area contributed by atoms with Crippen LogP contribution in [-0.4, -0.2) is 16.7 Å². The Bertz CT molecular complexity index is 809. The Kier molecular flexibility index (Phi) is 2.64. The van der Waals surface area contributed by atoms with Crippen LogP contribution in [0.2, 0.25) is 0 Å². The second-order valence-electron chi connectivity index (χ2n) is 4.47. The Balaban J connectivity index is 2.51. The van der Waals surface area contributed by atoms with E-state index in [1.54, 1.807) is 7.11 Å². The smallest absolute Gasteiger partial charge is 0.120 e. The van der Waals surface area contributed by atoms with Crippen LogP contribution in [0.15, 0.2) is 30.5 Å². The molecule has 3 aromatic rings. The number of benzene rings is 1. The summed E-state index contributed by atoms with van der Waals surface area (Å²) in [6.45, 7) is 2.53. The number of aryl methyl sites for hydroxylation is 1. The van der Waals surface area contributed by atoms with Gasteiger partial charge in [-0.1, -0.05) is 5.92 Å². The van der Waals surface area contributed by atoms with Gasteiger partial charge in [-0.2, -0.15) is 0 Å². The minimum atomic E-state index is 0.527. The molecule has 0 radical (unpaired) electrons. The van der Waals surface area contributed by atoms with E-state index >= 15 is 0 Å². The van der Waals surface area contributed by atoms with Crippen molar-refractivity contribution in [1.82, 2.24) is 9.55 Å². The van der Waals surface area contributed by atoms with Gasteiger partial charge in [-0.05, 0) is 25.1 Å². The lowest BCUT2D eigenvalue weighted by Gasteiger charge is -2.05. The largest absolute Gasteiger partial charge is 0.497 e. The first kappa shape index (κ1) is 11.6. The van der Waals surface area contributed by atoms with Crippen molar-refractivity contribution >= 4 is 21.8 Å². The van der Waals surface area contributed by atoms with E-state index in [2.05, 4.69) is 21.5 Å². The van der Waals surface area contributed by atoms with Gasteiger partial charge < -0.3 is 9.30 Å². The van der Waals surface area contributed by atoms with Crippen molar-refractivity contribution in [3.8, 4) is 18.1 Å². The molecule has 0 amide bonds. The Morgan fingerprint density at radius 2 is 2.16 bits per heavy atom. The van der Waals surface area contributed by atoms with Gasteiger partial charge in [0.15, 0.2) is 0 Å². The molecule has 0 aliphatic carbocycles. The molecule has 0 saturated carbocycles. The number of nitrogens with zero attached hydrogens (tertiary/aromatic N) is 2. The average Bonchev–Trinajstić information content (AvgIpc) is 2.74. The summed E-state index contributed by atoms with van der Waals surface area (Å²) < 4.78 is 7.42. The quantitative estimate of drug-likeness (QED) is 0.653. The lowest BCUT2D eigenvalue weighted by atomic mass is 10.1. The fourth-order valence-corrected chi connectivity index (χ4v) is 2.58. The predicted octanol–water partition coefficient (Wildman–Crippen LogP) is 3.14. The van der Waals surface area contributed by atoms with Crippen LogP contribution in [0.25, 0.3) is 21.8 Å². The first-order valence-electron chi connectivity index (χ1n) is 6.11. The zero-order valence-corrected chi connectivity index (χ0v) is 11.0. The standard InChI is InChI=1S/C16H14N2O/c1-4-9-18-15-10-12(19-3)5-6-13(15)14-7-8-17-11(2)16(14)18/h1,5-8,10H,9H2,2-3H3. The summed E-state index contributed by atoms with van der Waals surface area (Å²) in [6.07, 6.45) is 7.33. The van der Waals surface area contributed by atoms with E-state index in [4.69, 9.17) is 11.2 Å². The Labute approximate surface area is 111 Å². The van der Waals surface area contributed by atoms with Gasteiger partial charge in [0, 0.05) is 23.0 Å². The Hall–Kier alpha value is -2.47. The van der Waals surface area contributed by atoms with Crippen molar-refractivity contribution in [2.75, 3.05) is 7.11 Å². The van der Waals surface area contributed by atoms with Crippen LogP contribution in [0.5, 0.6) is 5.75 Å². The molecule has 3 heteroatoms. The number of rotatable bonds is 2. The molecule has 2 aromatic heterocycles. The molecule has 3 rings (SSSR count). The third kappa shape index (κ3) is 1.65. The van der Waals surface area contributed by atoms with E-state index in [1.165, 1.54) is 10.8 Å². The normalized spacial score (nSPS) is 10.8. The van der Waals surface area contributed by atoms with Crippen LogP contribution in [-0.2, 0) is 6.54 Å². The highest BCUT2D eigenvalue weighted by molar-refractivity contribution is 6.09. The molecule has 0 N–H and O–H groups in total. The third-order valence-corrected chi connectivity index (χ3v) is 3.41. The molecule has 0 fully saturated rings. The Morgan fingerprint density at radius 3 is 2.89 bits per heavy atom. The first-order chi connectivity index (χ1) is 9.26. The molecule has 2 heterocycles. The summed E-state index contributed by atoms with van der Waals surface area (Å²) >= 11 is 0. The maximum absolute atomic E-state index is 5.50. The number of terminal acetylenes is 1. The predicted molar refractivity (Wildman–Crippen MR) is 77.4 cm³/mol. The molecule has 0 bridgehead atoms. The van der Waals surface area contributed by atoms with Crippen molar-refractivity contribution in [3.05, 3.63) is 36.2 Å². The topological polar surface area (TPSA) is 27.1 Å². The molecule has 19 heavy (non-hydrogen) atoms. The maximum atomic E-state index is 5.50. The van der Waals surface area contributed by atoms with Crippen LogP contribution < -0.4 is 4.74 Å². The number of methoxy groups -OCH3 is 1. The SMILES string of the molecule is C#CCn1c2cc(OC)ccc2c2ccnc(C)c21. The maximum Gasteiger partial charge on any atom is 0.120 e. The third-order valence-electron chi connectivity index (χ3n) is 3.41. The van der Waals surface area contributed by atoms with Gasteiger partial charge in [0.05, 0.1) is 30.4 Å². The first-order valence-corrected chi connectivity index (χ1v) is 6.11. The van der Waals surface area contributed by atoms with E-state index in [-0.39, 0.29) is 0 Å². The van der Waals surface area contributed by atoms with Gasteiger partial charge in [0.2, 0.25) is 0 Å². The fraction of sp³-hybridized carbons (Fsp3) is 0.188. The number of hydrogen-bond donors (Lipinski definition) is 0. The van der Waals surface area contributed by atoms with Crippen molar-refractivity contribution < 1.29 is 4.74 Å². The summed E-state index contributed by atoms with van der Waals surface area (Å²) in [4.78, 5) is 4.37. The zero-order valence-electron chi connectivity index (χ0n) is 11.0. The highest BCUT2D eigenvalue weighted by Crippen LogP contribution is 2.32. The van der Waals surface area contributed by atoms with Gasteiger partial charge in [0.1, 0.15) is 5.75 Å². The number of pyridine rings is 1. The molecule has 0 spiro atoms. The molecule has 94 valence electrons. The van der Waals surface area contributed by atoms with Crippen LogP contribution in [0.3, 0.4) is 0 Å². The zero-order chi connectivity index (χ0) is 13.4. The number of hydrogen-bond acceptors (Lipinski definition) is 2. The van der Waals surface area contributed by atoms with E-state index in [0.29, 0.717) is 6.54 Å². The number of ether oxygens (including phenoxy) is 1. The van der Waals surface area contributed by atoms with E-state index in [1.807, 2.05) is 31.3 Å². The Morgan fingerprint density at radius 1 is 1.32 bits per heavy atom. The molecule has 0 aliphatic heterocycles. The van der Waals surface area contributed by atoms with Gasteiger partial charge in [-0.3, -0.25) is 4.98 Å². The van der Waals surface area contributed by atoms with Gasteiger partial charge in [-0.15, -0.1) is 6.42 Å². The van der Waals surface area contributed by atoms with Crippen molar-refractivity contribution in [2.45, 2.75) is 13.5 Å². The molecular weight excluding hydrogens is 236 g/mol. The number of fused-ring (bicyclic) bond motifs is 3. The fourth-order valence-electron chi connectivity index (χ4n) is 2.58. The second kappa shape index (κ2) is 4.33. The average molecular weight is 250 g/mol. The highest BCUT2D eigenvalue weighted by Gasteiger charge is 2.12. The summed E-state index contributed by atoms with van der Waals surface area (Å²) in [5.41, 5.74) is 3.18. The van der Waals surface area contributed by atoms with Gasteiger partial charge >= 0.3 is 0 Å². The number of aromatic nitrogens is 2. The van der Waals surface area contributed by atoms with Crippen molar-refractivity contribution in [2.24, 2.45) is 0 Å². The minimum absolute atomic E-state index is 0.527. The van der Waals surface area contributed by atoms with Crippen molar-refractivity contribution in [3.63, 3.8) is 0 Å². The van der Waals surface area contributed by atoms with Gasteiger partial charge in [0.25, 0.3) is 0 Å². The van der Waals surface area contributed by atoms with Crippen LogP contribution >= 0.6 is 0 Å². The molecule has 0 atom stereocenters. The molecule has 0 unspecified atom stereocenters. The van der Waals surface area contributed by atoms with E-state index < -0.39 is 0 Å². The molecule has 0 aliphatic rings. The summed E-state index contributed by atoms with van der Waals surface area (Å²) in [5.74, 6) is 3.55. The second-order valence-corrected chi connectivity index (χ2v) is 4.47. The molecule has 1 aromatic carbocycles. The summed E-state index contributed by atoms with van der Waals surface area (Å²) in [5, 5.41) is 2.36. The van der Waals surface area contributed by atoms with Crippen molar-refractivity contribution in [1.29, 1.82) is 0 Å². The molecule has 0 saturated heterocycles. The van der Waals surface area contributed by atoms with Crippen LogP contribution in [0, 0.1) is 19.3 Å². The molecule has 3 nitrogen and oxygen atoms in total.